The molecule has 0 aromatic heterocycles. The van der Waals surface area contributed by atoms with Crippen molar-refractivity contribution in [2.45, 2.75) is 41.5 Å². The van der Waals surface area contributed by atoms with Gasteiger partial charge in [-0.1, -0.05) is 23.9 Å². The summed E-state index contributed by atoms with van der Waals surface area (Å²) in [6, 6.07) is 16.8. The maximum atomic E-state index is 14.5. The third-order valence-electron chi connectivity index (χ3n) is 6.43. The van der Waals surface area contributed by atoms with E-state index in [1.54, 1.807) is 12.1 Å². The van der Waals surface area contributed by atoms with E-state index in [2.05, 4.69) is 34.0 Å². The molecule has 1 atom stereocenters. The molecule has 35 heavy (non-hydrogen) atoms. The number of likely N-dealkylation sites (tertiary alicyclic amines) is 1. The fourth-order valence-electron chi connectivity index (χ4n) is 4.40. The van der Waals surface area contributed by atoms with Crippen molar-refractivity contribution in [1.82, 2.24) is 4.90 Å². The van der Waals surface area contributed by atoms with Crippen molar-refractivity contribution >= 4 is 23.5 Å². The number of rotatable bonds is 6. The van der Waals surface area contributed by atoms with E-state index in [1.165, 1.54) is 37.1 Å². The Labute approximate surface area is 207 Å². The highest BCUT2D eigenvalue weighted by molar-refractivity contribution is 7.99. The normalized spacial score (nSPS) is 15.6. The van der Waals surface area contributed by atoms with Gasteiger partial charge in [0.2, 0.25) is 0 Å². The molecule has 0 saturated carbocycles. The van der Waals surface area contributed by atoms with Crippen LogP contribution in [-0.2, 0) is 4.74 Å². The Bertz CT molecular complexity index is 1180. The largest absolute Gasteiger partial charge is 0.453 e. The van der Waals surface area contributed by atoms with Gasteiger partial charge in [0, 0.05) is 21.5 Å². The molecule has 1 aliphatic rings. The lowest BCUT2D eigenvalue weighted by atomic mass is 9.88. The molecule has 3 aromatic carbocycles. The number of halogens is 3. The van der Waals surface area contributed by atoms with E-state index >= 15 is 0 Å². The predicted octanol–water partition coefficient (Wildman–Crippen LogP) is 7.37. The number of amides is 1. The number of nitrogens with one attached hydrogen (secondary N) is 1. The minimum atomic E-state index is -0.852. The monoisotopic (exact) mass is 500 g/mol. The van der Waals surface area contributed by atoms with Gasteiger partial charge in [-0.05, 0) is 98.4 Å². The first-order valence-corrected chi connectivity index (χ1v) is 12.3. The van der Waals surface area contributed by atoms with E-state index in [0.717, 1.165) is 42.5 Å². The van der Waals surface area contributed by atoms with Crippen LogP contribution in [0.2, 0.25) is 0 Å². The molecule has 1 fully saturated rings. The molecule has 0 bridgehead atoms. The van der Waals surface area contributed by atoms with Crippen molar-refractivity contribution in [1.29, 1.82) is 0 Å². The summed E-state index contributed by atoms with van der Waals surface area (Å²) in [6.07, 6.45) is 1.04. The SMILES string of the molecule is COC(=O)Nc1ccc(F)c(C2CCN(C(C)c3ccc(Sc4ccc(F)c(F)c4)cc3)CC2)c1. The second kappa shape index (κ2) is 11.2. The van der Waals surface area contributed by atoms with Gasteiger partial charge in [-0.15, -0.1) is 0 Å². The Hall–Kier alpha value is -2.97. The summed E-state index contributed by atoms with van der Waals surface area (Å²) in [5.41, 5.74) is 2.30. The average Bonchev–Trinajstić information content (AvgIpc) is 2.87. The first-order valence-electron chi connectivity index (χ1n) is 11.5. The minimum absolute atomic E-state index is 0.0766. The van der Waals surface area contributed by atoms with Crippen LogP contribution < -0.4 is 5.32 Å². The van der Waals surface area contributed by atoms with E-state index in [4.69, 9.17) is 0 Å². The molecule has 1 N–H and O–H groups in total. The van der Waals surface area contributed by atoms with Gasteiger partial charge in [0.15, 0.2) is 11.6 Å². The minimum Gasteiger partial charge on any atom is -0.453 e. The van der Waals surface area contributed by atoms with Crippen LogP contribution in [0.1, 0.15) is 42.9 Å². The number of anilines is 1. The highest BCUT2D eigenvalue weighted by atomic mass is 32.2. The fraction of sp³-hybridized carbons (Fsp3) is 0.296. The van der Waals surface area contributed by atoms with Crippen molar-refractivity contribution in [3.63, 3.8) is 0 Å². The fourth-order valence-corrected chi connectivity index (χ4v) is 5.25. The Morgan fingerprint density at radius 1 is 0.943 bits per heavy atom. The number of ether oxygens (including phenoxy) is 1. The zero-order chi connectivity index (χ0) is 24.9. The van der Waals surface area contributed by atoms with E-state index in [1.807, 2.05) is 12.1 Å². The number of nitrogens with zero attached hydrogens (tertiary/aromatic N) is 1. The van der Waals surface area contributed by atoms with Crippen LogP contribution in [-0.4, -0.2) is 31.2 Å². The van der Waals surface area contributed by atoms with Gasteiger partial charge in [-0.3, -0.25) is 10.2 Å². The molecule has 0 radical (unpaired) electrons. The van der Waals surface area contributed by atoms with Crippen LogP contribution in [0.4, 0.5) is 23.7 Å². The number of methoxy groups -OCH3 is 1. The summed E-state index contributed by atoms with van der Waals surface area (Å²) in [5.74, 6) is -1.89. The van der Waals surface area contributed by atoms with Crippen LogP contribution in [0.3, 0.4) is 0 Å². The summed E-state index contributed by atoms with van der Waals surface area (Å²) in [5, 5.41) is 2.60. The number of piperidine rings is 1. The molecule has 1 saturated heterocycles. The van der Waals surface area contributed by atoms with Gasteiger partial charge in [0.05, 0.1) is 7.11 Å². The first kappa shape index (κ1) is 25.1. The van der Waals surface area contributed by atoms with Crippen LogP contribution >= 0.6 is 11.8 Å². The maximum absolute atomic E-state index is 14.5. The van der Waals surface area contributed by atoms with Crippen molar-refractivity contribution in [2.24, 2.45) is 0 Å². The molecule has 3 aromatic rings. The van der Waals surface area contributed by atoms with Crippen LogP contribution in [0.15, 0.2) is 70.5 Å². The Kier molecular flexibility index (Phi) is 8.03. The van der Waals surface area contributed by atoms with E-state index in [9.17, 15) is 18.0 Å². The number of hydrogen-bond donors (Lipinski definition) is 1. The molecule has 1 amide bonds. The summed E-state index contributed by atoms with van der Waals surface area (Å²) in [4.78, 5) is 15.4. The maximum Gasteiger partial charge on any atom is 0.411 e. The summed E-state index contributed by atoms with van der Waals surface area (Å²) >= 11 is 1.38. The van der Waals surface area contributed by atoms with Gasteiger partial charge in [-0.2, -0.15) is 0 Å². The van der Waals surface area contributed by atoms with Crippen LogP contribution in [0, 0.1) is 17.5 Å². The summed E-state index contributed by atoms with van der Waals surface area (Å²) in [7, 11) is 1.29. The third-order valence-corrected chi connectivity index (χ3v) is 7.43. The molecule has 0 spiro atoms. The van der Waals surface area contributed by atoms with Crippen LogP contribution in [0.5, 0.6) is 0 Å². The van der Waals surface area contributed by atoms with Gasteiger partial charge < -0.3 is 4.74 Å². The second-order valence-corrected chi connectivity index (χ2v) is 9.73. The van der Waals surface area contributed by atoms with Gasteiger partial charge >= 0.3 is 6.09 Å². The molecule has 1 heterocycles. The predicted molar refractivity (Wildman–Crippen MR) is 131 cm³/mol. The third kappa shape index (κ3) is 6.18. The van der Waals surface area contributed by atoms with Gasteiger partial charge in [0.1, 0.15) is 5.82 Å². The molecular weight excluding hydrogens is 473 g/mol. The number of carbonyl (C=O) groups excluding carboxylic acids is 1. The van der Waals surface area contributed by atoms with Gasteiger partial charge in [0.25, 0.3) is 0 Å². The Morgan fingerprint density at radius 2 is 1.60 bits per heavy atom. The highest BCUT2D eigenvalue weighted by Crippen LogP contribution is 2.35. The number of benzene rings is 3. The highest BCUT2D eigenvalue weighted by Gasteiger charge is 2.26. The Morgan fingerprint density at radius 3 is 2.26 bits per heavy atom. The lowest BCUT2D eigenvalue weighted by Gasteiger charge is -2.36. The molecule has 1 aliphatic heterocycles. The van der Waals surface area contributed by atoms with E-state index < -0.39 is 17.7 Å². The summed E-state index contributed by atoms with van der Waals surface area (Å²) < 4.78 is 45.8. The standard InChI is InChI=1S/C27H27F3N2O2S/c1-17(18-3-6-21(7-4-18)35-22-8-10-25(29)26(30)16-22)32-13-11-19(12-14-32)23-15-20(5-9-24(23)28)31-27(33)34-2/h3-10,15-17,19H,11-14H2,1-2H3,(H,31,33). The van der Waals surface area contributed by atoms with Crippen LogP contribution in [0.25, 0.3) is 0 Å². The molecular formula is C27H27F3N2O2S. The molecule has 8 heteroatoms. The lowest BCUT2D eigenvalue weighted by molar-refractivity contribution is 0.161. The topological polar surface area (TPSA) is 41.6 Å². The second-order valence-electron chi connectivity index (χ2n) is 8.59. The smallest absolute Gasteiger partial charge is 0.411 e. The van der Waals surface area contributed by atoms with Crippen molar-refractivity contribution in [3.8, 4) is 0 Å². The molecule has 4 nitrogen and oxygen atoms in total. The molecule has 184 valence electrons. The quantitative estimate of drug-likeness (QED) is 0.384. The van der Waals surface area contributed by atoms with Crippen molar-refractivity contribution in [3.05, 3.63) is 89.2 Å². The van der Waals surface area contributed by atoms with Crippen molar-refractivity contribution in [2.75, 3.05) is 25.5 Å². The first-order chi connectivity index (χ1) is 16.8. The number of carbonyl (C=O) groups is 1. The Balaban J connectivity index is 1.36. The number of hydrogen-bond acceptors (Lipinski definition) is 4. The zero-order valence-corrected chi connectivity index (χ0v) is 20.4. The lowest BCUT2D eigenvalue weighted by Crippen LogP contribution is -2.35. The van der Waals surface area contributed by atoms with E-state index in [-0.39, 0.29) is 17.8 Å². The summed E-state index contributed by atoms with van der Waals surface area (Å²) in [6.45, 7) is 3.80. The molecule has 4 rings (SSSR count). The molecule has 0 aliphatic carbocycles. The molecule has 1 unspecified atom stereocenters. The zero-order valence-electron chi connectivity index (χ0n) is 19.6. The van der Waals surface area contributed by atoms with Gasteiger partial charge in [-0.25, -0.2) is 18.0 Å². The van der Waals surface area contributed by atoms with E-state index in [0.29, 0.717) is 16.1 Å². The average molecular weight is 501 g/mol. The van der Waals surface area contributed by atoms with Crippen molar-refractivity contribution < 1.29 is 22.7 Å².